The average molecular weight is 413 g/mol. The summed E-state index contributed by atoms with van der Waals surface area (Å²) in [5, 5.41) is 2.57. The molecule has 2 amide bonds. The van der Waals surface area contributed by atoms with Crippen molar-refractivity contribution in [2.45, 2.75) is 11.3 Å². The van der Waals surface area contributed by atoms with Crippen LogP contribution in [0.25, 0.3) is 0 Å². The van der Waals surface area contributed by atoms with Crippen LogP contribution in [0.3, 0.4) is 0 Å². The summed E-state index contributed by atoms with van der Waals surface area (Å²) in [5.74, 6) is -2.29. The maximum Gasteiger partial charge on any atom is 0.251 e. The van der Waals surface area contributed by atoms with Crippen LogP contribution in [-0.4, -0.2) is 33.0 Å². The van der Waals surface area contributed by atoms with Gasteiger partial charge in [-0.25, -0.2) is 12.8 Å². The molecule has 1 unspecified atom stereocenters. The highest BCUT2D eigenvalue weighted by Gasteiger charge is 2.19. The molecule has 0 saturated heterocycles. The van der Waals surface area contributed by atoms with Gasteiger partial charge in [-0.15, -0.1) is 0 Å². The minimum atomic E-state index is -3.60. The SMILES string of the molecule is CS(=O)(=O)c1cc(C(=O)NCC(Cc2ccc(F)cc2)C(N)=O)ccc1Cl. The number of sulfone groups is 1. The second-order valence-corrected chi connectivity index (χ2v) is 8.45. The predicted octanol–water partition coefficient (Wildman–Crippen LogP) is 1.96. The van der Waals surface area contributed by atoms with E-state index in [-0.39, 0.29) is 28.4 Å². The van der Waals surface area contributed by atoms with E-state index in [1.54, 1.807) is 0 Å². The molecule has 2 rings (SSSR count). The molecule has 0 aliphatic carbocycles. The summed E-state index contributed by atoms with van der Waals surface area (Å²) in [6.45, 7) is -0.0532. The molecule has 1 atom stereocenters. The fraction of sp³-hybridized carbons (Fsp3) is 0.222. The molecule has 0 aliphatic rings. The number of hydrogen-bond donors (Lipinski definition) is 2. The van der Waals surface area contributed by atoms with Crippen LogP contribution >= 0.6 is 11.6 Å². The standard InChI is InChI=1S/C18H18ClFN2O4S/c1-27(25,26)16-9-12(4-7-15(16)19)18(24)22-10-13(17(21)23)8-11-2-5-14(20)6-3-11/h2-7,9,13H,8,10H2,1H3,(H2,21,23)(H,22,24). The van der Waals surface area contributed by atoms with Crippen molar-refractivity contribution >= 4 is 33.3 Å². The van der Waals surface area contributed by atoms with E-state index >= 15 is 0 Å². The zero-order valence-electron chi connectivity index (χ0n) is 14.4. The highest BCUT2D eigenvalue weighted by molar-refractivity contribution is 7.90. The fourth-order valence-electron chi connectivity index (χ4n) is 2.43. The van der Waals surface area contributed by atoms with Gasteiger partial charge in [0.25, 0.3) is 5.91 Å². The lowest BCUT2D eigenvalue weighted by Gasteiger charge is -2.15. The summed E-state index contributed by atoms with van der Waals surface area (Å²) in [4.78, 5) is 23.8. The van der Waals surface area contributed by atoms with Crippen molar-refractivity contribution in [2.24, 2.45) is 11.7 Å². The number of benzene rings is 2. The predicted molar refractivity (Wildman–Crippen MR) is 99.7 cm³/mol. The van der Waals surface area contributed by atoms with Crippen LogP contribution in [0.1, 0.15) is 15.9 Å². The van der Waals surface area contributed by atoms with Crippen LogP contribution in [-0.2, 0) is 21.1 Å². The molecule has 0 spiro atoms. The van der Waals surface area contributed by atoms with E-state index in [1.807, 2.05) is 0 Å². The van der Waals surface area contributed by atoms with Crippen molar-refractivity contribution in [2.75, 3.05) is 12.8 Å². The van der Waals surface area contributed by atoms with Crippen LogP contribution in [0.4, 0.5) is 4.39 Å². The molecule has 6 nitrogen and oxygen atoms in total. The summed E-state index contributed by atoms with van der Waals surface area (Å²) in [6.07, 6.45) is 1.22. The number of rotatable bonds is 7. The van der Waals surface area contributed by atoms with E-state index in [4.69, 9.17) is 17.3 Å². The Morgan fingerprint density at radius 1 is 1.19 bits per heavy atom. The monoisotopic (exact) mass is 412 g/mol. The molecule has 0 saturated carbocycles. The lowest BCUT2D eigenvalue weighted by atomic mass is 9.98. The summed E-state index contributed by atoms with van der Waals surface area (Å²) in [5.41, 5.74) is 6.16. The Hall–Kier alpha value is -2.45. The molecule has 144 valence electrons. The Bertz CT molecular complexity index is 962. The molecule has 0 radical (unpaired) electrons. The minimum absolute atomic E-state index is 0.0142. The Balaban J connectivity index is 2.10. The van der Waals surface area contributed by atoms with Crippen molar-refractivity contribution in [1.82, 2.24) is 5.32 Å². The third kappa shape index (κ3) is 5.77. The van der Waals surface area contributed by atoms with E-state index in [0.29, 0.717) is 5.56 Å². The number of nitrogens with one attached hydrogen (secondary N) is 1. The van der Waals surface area contributed by atoms with Gasteiger partial charge in [-0.2, -0.15) is 0 Å². The van der Waals surface area contributed by atoms with Gasteiger partial charge >= 0.3 is 0 Å². The lowest BCUT2D eigenvalue weighted by Crippen LogP contribution is -2.37. The normalized spacial score (nSPS) is 12.4. The van der Waals surface area contributed by atoms with Crippen molar-refractivity contribution in [3.8, 4) is 0 Å². The summed E-state index contributed by atoms with van der Waals surface area (Å²) in [7, 11) is -3.60. The van der Waals surface area contributed by atoms with Crippen molar-refractivity contribution < 1.29 is 22.4 Å². The van der Waals surface area contributed by atoms with Crippen molar-refractivity contribution in [3.05, 3.63) is 64.4 Å². The van der Waals surface area contributed by atoms with Crippen molar-refractivity contribution in [1.29, 1.82) is 0 Å². The van der Waals surface area contributed by atoms with Gasteiger partial charge in [0, 0.05) is 18.4 Å². The van der Waals surface area contributed by atoms with Gasteiger partial charge in [-0.05, 0) is 42.3 Å². The van der Waals surface area contributed by atoms with Crippen LogP contribution in [0.5, 0.6) is 0 Å². The van der Waals surface area contributed by atoms with E-state index in [9.17, 15) is 22.4 Å². The number of amides is 2. The number of primary amides is 1. The quantitative estimate of drug-likeness (QED) is 0.724. The van der Waals surface area contributed by atoms with Crippen LogP contribution in [0.15, 0.2) is 47.4 Å². The maximum absolute atomic E-state index is 13.0. The first kappa shape index (κ1) is 20.9. The van der Waals surface area contributed by atoms with Crippen molar-refractivity contribution in [3.63, 3.8) is 0 Å². The van der Waals surface area contributed by atoms with Gasteiger partial charge in [0.05, 0.1) is 15.8 Å². The van der Waals surface area contributed by atoms with Gasteiger partial charge < -0.3 is 11.1 Å². The number of halogens is 2. The van der Waals surface area contributed by atoms with E-state index in [2.05, 4.69) is 5.32 Å². The first-order valence-corrected chi connectivity index (χ1v) is 10.2. The van der Waals surface area contributed by atoms with E-state index < -0.39 is 33.4 Å². The Kier molecular flexibility index (Phi) is 6.56. The number of nitrogens with two attached hydrogens (primary N) is 1. The molecule has 0 bridgehead atoms. The van der Waals surface area contributed by atoms with Gasteiger partial charge in [-0.3, -0.25) is 9.59 Å². The second kappa shape index (κ2) is 8.49. The average Bonchev–Trinajstić information content (AvgIpc) is 2.59. The Labute approximate surface area is 161 Å². The largest absolute Gasteiger partial charge is 0.369 e. The molecular formula is C18H18ClFN2O4S. The van der Waals surface area contributed by atoms with Crippen LogP contribution in [0, 0.1) is 11.7 Å². The number of carbonyl (C=O) groups is 2. The first-order valence-electron chi connectivity index (χ1n) is 7.89. The smallest absolute Gasteiger partial charge is 0.251 e. The number of hydrogen-bond acceptors (Lipinski definition) is 4. The maximum atomic E-state index is 13.0. The molecule has 0 aliphatic heterocycles. The fourth-order valence-corrected chi connectivity index (χ4v) is 3.73. The van der Waals surface area contributed by atoms with Gasteiger partial charge in [0.15, 0.2) is 9.84 Å². The molecular weight excluding hydrogens is 395 g/mol. The lowest BCUT2D eigenvalue weighted by molar-refractivity contribution is -0.121. The topological polar surface area (TPSA) is 106 Å². The molecule has 2 aromatic carbocycles. The molecule has 9 heteroatoms. The third-order valence-corrected chi connectivity index (χ3v) is 5.48. The van der Waals surface area contributed by atoms with Crippen LogP contribution < -0.4 is 11.1 Å². The molecule has 27 heavy (non-hydrogen) atoms. The highest BCUT2D eigenvalue weighted by Crippen LogP contribution is 2.22. The zero-order valence-corrected chi connectivity index (χ0v) is 16.0. The molecule has 0 heterocycles. The summed E-state index contributed by atoms with van der Waals surface area (Å²) >= 11 is 5.86. The minimum Gasteiger partial charge on any atom is -0.369 e. The molecule has 0 fully saturated rings. The van der Waals surface area contributed by atoms with E-state index in [0.717, 1.165) is 6.26 Å². The zero-order chi connectivity index (χ0) is 20.2. The summed E-state index contributed by atoms with van der Waals surface area (Å²) < 4.78 is 36.4. The highest BCUT2D eigenvalue weighted by atomic mass is 35.5. The molecule has 2 aromatic rings. The Morgan fingerprint density at radius 2 is 1.81 bits per heavy atom. The first-order chi connectivity index (χ1) is 12.6. The summed E-state index contributed by atoms with van der Waals surface area (Å²) in [6, 6.07) is 9.48. The van der Waals surface area contributed by atoms with Gasteiger partial charge in [-0.1, -0.05) is 23.7 Å². The van der Waals surface area contributed by atoms with Gasteiger partial charge in [0.2, 0.25) is 5.91 Å². The molecule has 0 aromatic heterocycles. The van der Waals surface area contributed by atoms with E-state index in [1.165, 1.54) is 42.5 Å². The molecule has 3 N–H and O–H groups in total. The Morgan fingerprint density at radius 3 is 2.37 bits per heavy atom. The second-order valence-electron chi connectivity index (χ2n) is 6.06. The third-order valence-electron chi connectivity index (χ3n) is 3.90. The van der Waals surface area contributed by atoms with Crippen LogP contribution in [0.2, 0.25) is 5.02 Å². The van der Waals surface area contributed by atoms with Gasteiger partial charge in [0.1, 0.15) is 5.82 Å². The number of carbonyl (C=O) groups excluding carboxylic acids is 2.